The lowest BCUT2D eigenvalue weighted by Gasteiger charge is -2.10. The molecule has 2 rings (SSSR count). The van der Waals surface area contributed by atoms with Gasteiger partial charge in [-0.1, -0.05) is 29.8 Å². The summed E-state index contributed by atoms with van der Waals surface area (Å²) in [6.07, 6.45) is 0.647. The minimum Gasteiger partial charge on any atom is -0.396 e. The molecule has 6 nitrogen and oxygen atoms in total. The Morgan fingerprint density at radius 1 is 1.50 bits per heavy atom. The zero-order valence-electron chi connectivity index (χ0n) is 12.6. The summed E-state index contributed by atoms with van der Waals surface area (Å²) in [6.45, 7) is 4.35. The summed E-state index contributed by atoms with van der Waals surface area (Å²) in [5, 5.41) is 20.2. The third-order valence-electron chi connectivity index (χ3n) is 3.40. The number of nitrogens with one attached hydrogen (secondary N) is 1. The van der Waals surface area contributed by atoms with Crippen molar-refractivity contribution in [2.45, 2.75) is 20.3 Å². The van der Waals surface area contributed by atoms with Crippen LogP contribution in [0.1, 0.15) is 29.5 Å². The molecule has 1 heterocycles. The second kappa shape index (κ2) is 7.38. The van der Waals surface area contributed by atoms with Crippen LogP contribution in [0.25, 0.3) is 5.69 Å². The van der Waals surface area contributed by atoms with Crippen LogP contribution in [0.5, 0.6) is 0 Å². The SMILES string of the molecule is Cc1c(C(=O)NCC(C)CCO)nnn1-c1cccc(Cl)c1. The number of hydrogen-bond donors (Lipinski definition) is 2. The monoisotopic (exact) mass is 322 g/mol. The molecule has 7 heteroatoms. The molecule has 0 saturated carbocycles. The average Bonchev–Trinajstić information content (AvgIpc) is 2.87. The van der Waals surface area contributed by atoms with E-state index >= 15 is 0 Å². The molecule has 0 aliphatic rings. The van der Waals surface area contributed by atoms with Crippen molar-refractivity contribution in [3.05, 3.63) is 40.7 Å². The highest BCUT2D eigenvalue weighted by molar-refractivity contribution is 6.30. The van der Waals surface area contributed by atoms with Crippen LogP contribution in [0.4, 0.5) is 0 Å². The lowest BCUT2D eigenvalue weighted by atomic mass is 10.1. The zero-order valence-corrected chi connectivity index (χ0v) is 13.3. The number of aliphatic hydroxyl groups excluding tert-OH is 1. The van der Waals surface area contributed by atoms with Crippen LogP contribution in [-0.2, 0) is 0 Å². The summed E-state index contributed by atoms with van der Waals surface area (Å²) < 4.78 is 1.58. The summed E-state index contributed by atoms with van der Waals surface area (Å²) in [5.41, 5.74) is 1.69. The molecular formula is C15H19ClN4O2. The van der Waals surface area contributed by atoms with Crippen LogP contribution in [0.2, 0.25) is 5.02 Å². The smallest absolute Gasteiger partial charge is 0.273 e. The van der Waals surface area contributed by atoms with Gasteiger partial charge in [0.2, 0.25) is 0 Å². The Balaban J connectivity index is 2.12. The molecule has 0 radical (unpaired) electrons. The van der Waals surface area contributed by atoms with Crippen LogP contribution in [0.3, 0.4) is 0 Å². The second-order valence-corrected chi connectivity index (χ2v) is 5.68. The fraction of sp³-hybridized carbons (Fsp3) is 0.400. The maximum atomic E-state index is 12.2. The summed E-state index contributed by atoms with van der Waals surface area (Å²) >= 11 is 5.97. The normalized spacial score (nSPS) is 12.2. The van der Waals surface area contributed by atoms with Crippen LogP contribution < -0.4 is 5.32 Å². The summed E-state index contributed by atoms with van der Waals surface area (Å²) in [5.74, 6) is -0.0622. The molecule has 118 valence electrons. The van der Waals surface area contributed by atoms with Gasteiger partial charge in [0.1, 0.15) is 0 Å². The summed E-state index contributed by atoms with van der Waals surface area (Å²) in [4.78, 5) is 12.2. The minimum atomic E-state index is -0.268. The van der Waals surface area contributed by atoms with Crippen molar-refractivity contribution >= 4 is 17.5 Å². The third-order valence-corrected chi connectivity index (χ3v) is 3.63. The number of benzene rings is 1. The molecule has 1 unspecified atom stereocenters. The van der Waals surface area contributed by atoms with Gasteiger partial charge in [0, 0.05) is 18.2 Å². The van der Waals surface area contributed by atoms with E-state index in [-0.39, 0.29) is 24.1 Å². The number of carbonyl (C=O) groups is 1. The van der Waals surface area contributed by atoms with E-state index in [0.29, 0.717) is 23.7 Å². The van der Waals surface area contributed by atoms with Gasteiger partial charge in [-0.2, -0.15) is 0 Å². The summed E-state index contributed by atoms with van der Waals surface area (Å²) in [6, 6.07) is 7.19. The largest absolute Gasteiger partial charge is 0.396 e. The second-order valence-electron chi connectivity index (χ2n) is 5.24. The quantitative estimate of drug-likeness (QED) is 0.852. The van der Waals surface area contributed by atoms with Gasteiger partial charge >= 0.3 is 0 Å². The molecule has 0 fully saturated rings. The van der Waals surface area contributed by atoms with Crippen LogP contribution in [0.15, 0.2) is 24.3 Å². The van der Waals surface area contributed by atoms with Gasteiger partial charge in [-0.05, 0) is 37.5 Å². The van der Waals surface area contributed by atoms with Gasteiger partial charge in [0.25, 0.3) is 5.91 Å². The van der Waals surface area contributed by atoms with Crippen LogP contribution >= 0.6 is 11.6 Å². The van der Waals surface area contributed by atoms with Crippen molar-refractivity contribution in [3.8, 4) is 5.69 Å². The number of aromatic nitrogens is 3. The zero-order chi connectivity index (χ0) is 16.1. The molecule has 0 saturated heterocycles. The molecule has 1 amide bonds. The van der Waals surface area contributed by atoms with Gasteiger partial charge in [-0.25, -0.2) is 4.68 Å². The first-order valence-corrected chi connectivity index (χ1v) is 7.48. The molecule has 0 aliphatic heterocycles. The van der Waals surface area contributed by atoms with E-state index < -0.39 is 0 Å². The molecule has 1 aromatic heterocycles. The van der Waals surface area contributed by atoms with E-state index in [4.69, 9.17) is 16.7 Å². The number of rotatable bonds is 6. The number of nitrogens with zero attached hydrogens (tertiary/aromatic N) is 3. The van der Waals surface area contributed by atoms with Gasteiger partial charge in [0.05, 0.1) is 11.4 Å². The number of halogens is 1. The first-order valence-electron chi connectivity index (χ1n) is 7.10. The maximum Gasteiger partial charge on any atom is 0.273 e. The standard InChI is InChI=1S/C15H19ClN4O2/c1-10(6-7-21)9-17-15(22)14-11(2)20(19-18-14)13-5-3-4-12(16)8-13/h3-5,8,10,21H,6-7,9H2,1-2H3,(H,17,22). The fourth-order valence-electron chi connectivity index (χ4n) is 2.07. The molecule has 1 atom stereocenters. The minimum absolute atomic E-state index is 0.112. The maximum absolute atomic E-state index is 12.2. The molecular weight excluding hydrogens is 304 g/mol. The number of amides is 1. The molecule has 2 aromatic rings. The predicted molar refractivity (Wildman–Crippen MR) is 84.3 cm³/mol. The van der Waals surface area contributed by atoms with Crippen molar-refractivity contribution in [2.24, 2.45) is 5.92 Å². The van der Waals surface area contributed by atoms with E-state index in [2.05, 4.69) is 15.6 Å². The molecule has 1 aromatic carbocycles. The molecule has 22 heavy (non-hydrogen) atoms. The molecule has 0 bridgehead atoms. The molecule has 0 aliphatic carbocycles. The predicted octanol–water partition coefficient (Wildman–Crippen LogP) is 1.98. The molecule has 0 spiro atoms. The Morgan fingerprint density at radius 2 is 2.27 bits per heavy atom. The summed E-state index contributed by atoms with van der Waals surface area (Å²) in [7, 11) is 0. The Morgan fingerprint density at radius 3 is 2.95 bits per heavy atom. The van der Waals surface area contributed by atoms with E-state index in [0.717, 1.165) is 5.69 Å². The number of carbonyl (C=O) groups excluding carboxylic acids is 1. The van der Waals surface area contributed by atoms with Gasteiger partial charge in [-0.15, -0.1) is 5.10 Å². The van der Waals surface area contributed by atoms with Gasteiger partial charge < -0.3 is 10.4 Å². The Kier molecular flexibility index (Phi) is 5.51. The first-order chi connectivity index (χ1) is 10.5. The Bertz CT molecular complexity index is 657. The van der Waals surface area contributed by atoms with E-state index in [1.165, 1.54) is 0 Å². The lowest BCUT2D eigenvalue weighted by Crippen LogP contribution is -2.29. The number of hydrogen-bond acceptors (Lipinski definition) is 4. The highest BCUT2D eigenvalue weighted by Gasteiger charge is 2.17. The van der Waals surface area contributed by atoms with Gasteiger partial charge in [-0.3, -0.25) is 4.79 Å². The van der Waals surface area contributed by atoms with Crippen molar-refractivity contribution in [1.82, 2.24) is 20.3 Å². The van der Waals surface area contributed by atoms with E-state index in [1.54, 1.807) is 23.7 Å². The van der Waals surface area contributed by atoms with E-state index in [9.17, 15) is 4.79 Å². The average molecular weight is 323 g/mol. The Hall–Kier alpha value is -1.92. The highest BCUT2D eigenvalue weighted by Crippen LogP contribution is 2.16. The van der Waals surface area contributed by atoms with Crippen LogP contribution in [0, 0.1) is 12.8 Å². The van der Waals surface area contributed by atoms with Crippen molar-refractivity contribution in [2.75, 3.05) is 13.2 Å². The van der Waals surface area contributed by atoms with Crippen molar-refractivity contribution in [3.63, 3.8) is 0 Å². The van der Waals surface area contributed by atoms with Crippen molar-refractivity contribution in [1.29, 1.82) is 0 Å². The van der Waals surface area contributed by atoms with Crippen molar-refractivity contribution < 1.29 is 9.90 Å². The number of aliphatic hydroxyl groups is 1. The van der Waals surface area contributed by atoms with Crippen LogP contribution in [-0.4, -0.2) is 39.2 Å². The topological polar surface area (TPSA) is 80.0 Å². The Labute approximate surface area is 134 Å². The third kappa shape index (κ3) is 3.84. The van der Waals surface area contributed by atoms with E-state index in [1.807, 2.05) is 19.1 Å². The highest BCUT2D eigenvalue weighted by atomic mass is 35.5. The fourth-order valence-corrected chi connectivity index (χ4v) is 2.25. The first kappa shape index (κ1) is 16.5. The molecule has 2 N–H and O–H groups in total. The van der Waals surface area contributed by atoms with Gasteiger partial charge in [0.15, 0.2) is 5.69 Å². The lowest BCUT2D eigenvalue weighted by molar-refractivity contribution is 0.0939.